The molecule has 0 aliphatic carbocycles. The normalized spacial score (nSPS) is 10.4. The van der Waals surface area contributed by atoms with Crippen LogP contribution in [0.2, 0.25) is 15.1 Å². The number of rotatable bonds is 2. The standard InChI is InChI=1S/C13H10Cl3NO/c1-7-4-8(2-3-12(7)17)18-13-6-10(15)9(14)5-11(13)16/h2-6H,17H2,1H3. The van der Waals surface area contributed by atoms with Gasteiger partial charge in [-0.05, 0) is 36.8 Å². The number of hydrogen-bond donors (Lipinski definition) is 1. The van der Waals surface area contributed by atoms with Crippen LogP contribution in [-0.2, 0) is 0 Å². The maximum absolute atomic E-state index is 6.03. The molecule has 5 heteroatoms. The average Bonchev–Trinajstić information content (AvgIpc) is 2.31. The second-order valence-corrected chi connectivity index (χ2v) is 5.04. The second-order valence-electron chi connectivity index (χ2n) is 3.82. The van der Waals surface area contributed by atoms with Crippen molar-refractivity contribution in [1.29, 1.82) is 0 Å². The molecule has 0 spiro atoms. The van der Waals surface area contributed by atoms with Crippen molar-refractivity contribution >= 4 is 40.5 Å². The minimum absolute atomic E-state index is 0.391. The quantitative estimate of drug-likeness (QED) is 0.601. The van der Waals surface area contributed by atoms with Gasteiger partial charge in [0.15, 0.2) is 0 Å². The summed E-state index contributed by atoms with van der Waals surface area (Å²) in [7, 11) is 0. The number of halogens is 3. The van der Waals surface area contributed by atoms with Crippen molar-refractivity contribution in [3.63, 3.8) is 0 Å². The predicted octanol–water partition coefficient (Wildman–Crippen LogP) is 5.33. The average molecular weight is 303 g/mol. The summed E-state index contributed by atoms with van der Waals surface area (Å²) >= 11 is 17.8. The molecule has 0 saturated carbocycles. The molecule has 0 bridgehead atoms. The molecule has 2 rings (SSSR count). The Labute approximate surface area is 120 Å². The van der Waals surface area contributed by atoms with Crippen LogP contribution in [-0.4, -0.2) is 0 Å². The molecule has 0 amide bonds. The zero-order valence-electron chi connectivity index (χ0n) is 9.51. The first-order valence-corrected chi connectivity index (χ1v) is 6.29. The molecule has 0 heterocycles. The summed E-state index contributed by atoms with van der Waals surface area (Å²) in [6, 6.07) is 8.49. The third kappa shape index (κ3) is 2.83. The first kappa shape index (κ1) is 13.3. The number of ether oxygens (including phenoxy) is 1. The van der Waals surface area contributed by atoms with E-state index in [1.807, 2.05) is 13.0 Å². The van der Waals surface area contributed by atoms with Crippen LogP contribution in [0.15, 0.2) is 30.3 Å². The number of aryl methyl sites for hydroxylation is 1. The highest BCUT2D eigenvalue weighted by Gasteiger charge is 2.08. The Morgan fingerprint density at radius 2 is 1.61 bits per heavy atom. The van der Waals surface area contributed by atoms with Gasteiger partial charge in [-0.1, -0.05) is 34.8 Å². The first-order chi connectivity index (χ1) is 8.47. The van der Waals surface area contributed by atoms with E-state index in [9.17, 15) is 0 Å². The number of benzene rings is 2. The van der Waals surface area contributed by atoms with Crippen LogP contribution in [0.4, 0.5) is 5.69 Å². The van der Waals surface area contributed by atoms with Gasteiger partial charge in [0, 0.05) is 11.8 Å². The molecule has 0 unspecified atom stereocenters. The lowest BCUT2D eigenvalue weighted by atomic mass is 10.2. The van der Waals surface area contributed by atoms with Gasteiger partial charge in [-0.25, -0.2) is 0 Å². The van der Waals surface area contributed by atoms with E-state index in [0.717, 1.165) is 5.56 Å². The zero-order valence-corrected chi connectivity index (χ0v) is 11.8. The minimum Gasteiger partial charge on any atom is -0.456 e. The predicted molar refractivity (Wildman–Crippen MR) is 77.1 cm³/mol. The highest BCUT2D eigenvalue weighted by atomic mass is 35.5. The molecule has 2 aromatic rings. The van der Waals surface area contributed by atoms with E-state index in [1.165, 1.54) is 0 Å². The number of nitrogen functional groups attached to an aromatic ring is 1. The summed E-state index contributed by atoms with van der Waals surface area (Å²) in [5, 5.41) is 1.18. The van der Waals surface area contributed by atoms with Gasteiger partial charge >= 0.3 is 0 Å². The molecule has 0 aliphatic heterocycles. The van der Waals surface area contributed by atoms with Gasteiger partial charge in [0.2, 0.25) is 0 Å². The van der Waals surface area contributed by atoms with Gasteiger partial charge in [-0.15, -0.1) is 0 Å². The van der Waals surface area contributed by atoms with Gasteiger partial charge in [0.25, 0.3) is 0 Å². The van der Waals surface area contributed by atoms with Crippen LogP contribution >= 0.6 is 34.8 Å². The van der Waals surface area contributed by atoms with Crippen molar-refractivity contribution in [2.75, 3.05) is 5.73 Å². The van der Waals surface area contributed by atoms with Crippen molar-refractivity contribution in [1.82, 2.24) is 0 Å². The third-order valence-corrected chi connectivity index (χ3v) is 3.46. The van der Waals surface area contributed by atoms with Gasteiger partial charge < -0.3 is 10.5 Å². The largest absolute Gasteiger partial charge is 0.456 e. The Hall–Kier alpha value is -1.09. The first-order valence-electron chi connectivity index (χ1n) is 5.16. The van der Waals surface area contributed by atoms with Crippen molar-refractivity contribution in [3.05, 3.63) is 51.0 Å². The fourth-order valence-electron chi connectivity index (χ4n) is 1.42. The molecule has 94 valence electrons. The minimum atomic E-state index is 0.391. The van der Waals surface area contributed by atoms with Gasteiger partial charge in [-0.2, -0.15) is 0 Å². The highest BCUT2D eigenvalue weighted by Crippen LogP contribution is 2.36. The SMILES string of the molecule is Cc1cc(Oc2cc(Cl)c(Cl)cc2Cl)ccc1N. The summed E-state index contributed by atoms with van der Waals surface area (Å²) in [5.41, 5.74) is 7.38. The summed E-state index contributed by atoms with van der Waals surface area (Å²) in [4.78, 5) is 0. The number of hydrogen-bond acceptors (Lipinski definition) is 2. The second kappa shape index (κ2) is 5.27. The summed E-state index contributed by atoms with van der Waals surface area (Å²) < 4.78 is 5.65. The maximum Gasteiger partial charge on any atom is 0.147 e. The lowest BCUT2D eigenvalue weighted by Gasteiger charge is -2.10. The molecule has 18 heavy (non-hydrogen) atoms. The van der Waals surface area contributed by atoms with E-state index in [4.69, 9.17) is 45.3 Å². The van der Waals surface area contributed by atoms with Crippen LogP contribution in [0.25, 0.3) is 0 Å². The topological polar surface area (TPSA) is 35.2 Å². The van der Waals surface area contributed by atoms with E-state index < -0.39 is 0 Å². The Morgan fingerprint density at radius 3 is 2.28 bits per heavy atom. The molecule has 2 aromatic carbocycles. The van der Waals surface area contributed by atoms with Crippen LogP contribution in [0.5, 0.6) is 11.5 Å². The van der Waals surface area contributed by atoms with Gasteiger partial charge in [0.1, 0.15) is 11.5 Å². The fourth-order valence-corrected chi connectivity index (χ4v) is 2.00. The molecule has 0 aliphatic rings. The molecule has 2 N–H and O–H groups in total. The Bertz CT molecular complexity index is 599. The van der Waals surface area contributed by atoms with Gasteiger partial charge in [0.05, 0.1) is 15.1 Å². The van der Waals surface area contributed by atoms with Crippen molar-refractivity contribution in [2.24, 2.45) is 0 Å². The van der Waals surface area contributed by atoms with Crippen molar-refractivity contribution in [3.8, 4) is 11.5 Å². The Morgan fingerprint density at radius 1 is 0.944 bits per heavy atom. The van der Waals surface area contributed by atoms with E-state index >= 15 is 0 Å². The van der Waals surface area contributed by atoms with Crippen LogP contribution in [0.1, 0.15) is 5.56 Å². The molecule has 0 radical (unpaired) electrons. The molecular formula is C13H10Cl3NO. The lowest BCUT2D eigenvalue weighted by molar-refractivity contribution is 0.482. The highest BCUT2D eigenvalue weighted by molar-refractivity contribution is 6.43. The summed E-state index contributed by atoms with van der Waals surface area (Å²) in [6.45, 7) is 1.90. The third-order valence-electron chi connectivity index (χ3n) is 2.44. The summed E-state index contributed by atoms with van der Waals surface area (Å²) in [5.74, 6) is 1.09. The molecule has 0 atom stereocenters. The van der Waals surface area contributed by atoms with Crippen molar-refractivity contribution < 1.29 is 4.74 Å². The smallest absolute Gasteiger partial charge is 0.147 e. The van der Waals surface area contributed by atoms with E-state index in [0.29, 0.717) is 32.3 Å². The van der Waals surface area contributed by atoms with E-state index in [1.54, 1.807) is 24.3 Å². The summed E-state index contributed by atoms with van der Waals surface area (Å²) in [6.07, 6.45) is 0. The maximum atomic E-state index is 6.03. The Balaban J connectivity index is 2.34. The van der Waals surface area contributed by atoms with Crippen LogP contribution in [0, 0.1) is 6.92 Å². The Kier molecular flexibility index (Phi) is 3.91. The van der Waals surface area contributed by atoms with Gasteiger partial charge in [-0.3, -0.25) is 0 Å². The van der Waals surface area contributed by atoms with Crippen LogP contribution in [0.3, 0.4) is 0 Å². The lowest BCUT2D eigenvalue weighted by Crippen LogP contribution is -1.91. The molecular weight excluding hydrogens is 293 g/mol. The molecule has 0 fully saturated rings. The molecule has 0 aromatic heterocycles. The van der Waals surface area contributed by atoms with E-state index in [-0.39, 0.29) is 0 Å². The van der Waals surface area contributed by atoms with Crippen LogP contribution < -0.4 is 10.5 Å². The zero-order chi connectivity index (χ0) is 13.3. The fraction of sp³-hybridized carbons (Fsp3) is 0.0769. The number of nitrogens with two attached hydrogens (primary N) is 1. The molecule has 2 nitrogen and oxygen atoms in total. The monoisotopic (exact) mass is 301 g/mol. The molecule has 0 saturated heterocycles. The van der Waals surface area contributed by atoms with Crippen molar-refractivity contribution in [2.45, 2.75) is 6.92 Å². The number of anilines is 1. The van der Waals surface area contributed by atoms with E-state index in [2.05, 4.69) is 0 Å².